The fourth-order valence-electron chi connectivity index (χ4n) is 2.77. The van der Waals surface area contributed by atoms with Crippen molar-refractivity contribution in [3.05, 3.63) is 29.8 Å². The van der Waals surface area contributed by atoms with Crippen molar-refractivity contribution in [2.24, 2.45) is 0 Å². The van der Waals surface area contributed by atoms with Gasteiger partial charge in [0.15, 0.2) is 0 Å². The Hall–Kier alpha value is -1.39. The Kier molecular flexibility index (Phi) is 4.22. The van der Waals surface area contributed by atoms with Crippen molar-refractivity contribution in [3.8, 4) is 0 Å². The van der Waals surface area contributed by atoms with Gasteiger partial charge in [-0.1, -0.05) is 18.2 Å². The van der Waals surface area contributed by atoms with Gasteiger partial charge in [-0.15, -0.1) is 0 Å². The molecule has 1 aromatic rings. The van der Waals surface area contributed by atoms with E-state index >= 15 is 0 Å². The zero-order chi connectivity index (χ0) is 14.0. The number of benzene rings is 1. The first-order chi connectivity index (χ1) is 8.99. The summed E-state index contributed by atoms with van der Waals surface area (Å²) in [5.41, 5.74) is 2.27. The summed E-state index contributed by atoms with van der Waals surface area (Å²) in [6.45, 7) is 4.65. The summed E-state index contributed by atoms with van der Waals surface area (Å²) in [6, 6.07) is 8.28. The molecule has 4 heteroatoms. The van der Waals surface area contributed by atoms with Gasteiger partial charge in [-0.25, -0.2) is 0 Å². The lowest BCUT2D eigenvalue weighted by atomic mass is 10.1. The summed E-state index contributed by atoms with van der Waals surface area (Å²) >= 11 is 0. The number of amides is 1. The number of anilines is 1. The lowest BCUT2D eigenvalue weighted by Crippen LogP contribution is -2.43. The van der Waals surface area contributed by atoms with Crippen LogP contribution in [0.4, 0.5) is 5.69 Å². The van der Waals surface area contributed by atoms with Crippen LogP contribution in [0, 0.1) is 0 Å². The summed E-state index contributed by atoms with van der Waals surface area (Å²) in [7, 11) is 1.86. The number of hydrogen-bond donors (Lipinski definition) is 1. The van der Waals surface area contributed by atoms with Gasteiger partial charge in [0.1, 0.15) is 0 Å². The van der Waals surface area contributed by atoms with E-state index in [4.69, 9.17) is 0 Å². The Balaban J connectivity index is 2.07. The van der Waals surface area contributed by atoms with Crippen molar-refractivity contribution in [3.63, 3.8) is 0 Å². The fourth-order valence-corrected chi connectivity index (χ4v) is 2.77. The van der Waals surface area contributed by atoms with Gasteiger partial charge in [0.2, 0.25) is 5.91 Å². The quantitative estimate of drug-likeness (QED) is 0.889. The molecule has 2 unspecified atom stereocenters. The largest absolute Gasteiger partial charge is 0.392 e. The average Bonchev–Trinajstić information content (AvgIpc) is 2.63. The van der Waals surface area contributed by atoms with Gasteiger partial charge in [-0.05, 0) is 38.9 Å². The Morgan fingerprint density at radius 2 is 2.21 bits per heavy atom. The minimum Gasteiger partial charge on any atom is -0.392 e. The monoisotopic (exact) mass is 262 g/mol. The second-order valence-electron chi connectivity index (χ2n) is 5.49. The standard InChI is InChI=1S/C15H22N2O2/c1-11-8-13-6-4-5-7-14(13)17(11)15(19)10-16(3)9-12(2)18/h4-7,11-12,18H,8-10H2,1-3H3. The number of hydrogen-bond acceptors (Lipinski definition) is 3. The Morgan fingerprint density at radius 1 is 1.53 bits per heavy atom. The number of para-hydroxylation sites is 1. The first-order valence-corrected chi connectivity index (χ1v) is 6.75. The third-order valence-corrected chi connectivity index (χ3v) is 3.46. The highest BCUT2D eigenvalue weighted by Crippen LogP contribution is 2.31. The number of aliphatic hydroxyl groups is 1. The van der Waals surface area contributed by atoms with Gasteiger partial charge in [-0.2, -0.15) is 0 Å². The van der Waals surface area contributed by atoms with Gasteiger partial charge < -0.3 is 10.0 Å². The van der Waals surface area contributed by atoms with Gasteiger partial charge >= 0.3 is 0 Å². The van der Waals surface area contributed by atoms with E-state index < -0.39 is 6.10 Å². The van der Waals surface area contributed by atoms with Crippen molar-refractivity contribution in [1.82, 2.24) is 4.90 Å². The number of nitrogens with zero attached hydrogens (tertiary/aromatic N) is 2. The number of carbonyl (C=O) groups excluding carboxylic acids is 1. The molecule has 4 nitrogen and oxygen atoms in total. The smallest absolute Gasteiger partial charge is 0.241 e. The molecule has 1 aromatic carbocycles. The van der Waals surface area contributed by atoms with Crippen molar-refractivity contribution in [2.75, 3.05) is 25.0 Å². The molecule has 1 heterocycles. The molecule has 0 aliphatic carbocycles. The van der Waals surface area contributed by atoms with E-state index in [2.05, 4.69) is 13.0 Å². The van der Waals surface area contributed by atoms with Crippen molar-refractivity contribution in [1.29, 1.82) is 0 Å². The van der Waals surface area contributed by atoms with Crippen LogP contribution in [0.1, 0.15) is 19.4 Å². The molecule has 1 amide bonds. The molecule has 0 bridgehead atoms. The maximum absolute atomic E-state index is 12.4. The molecule has 1 N–H and O–H groups in total. The molecule has 19 heavy (non-hydrogen) atoms. The van der Waals surface area contributed by atoms with E-state index in [0.29, 0.717) is 13.1 Å². The minimum absolute atomic E-state index is 0.0978. The van der Waals surface area contributed by atoms with Crippen LogP contribution in [-0.2, 0) is 11.2 Å². The predicted molar refractivity (Wildman–Crippen MR) is 76.3 cm³/mol. The van der Waals surface area contributed by atoms with E-state index in [9.17, 15) is 9.90 Å². The van der Waals surface area contributed by atoms with Crippen LogP contribution in [0.5, 0.6) is 0 Å². The Bertz CT molecular complexity index is 459. The summed E-state index contributed by atoms with van der Waals surface area (Å²) in [5, 5.41) is 9.34. The molecule has 0 aromatic heterocycles. The molecule has 0 fully saturated rings. The van der Waals surface area contributed by atoms with Crippen molar-refractivity contribution in [2.45, 2.75) is 32.4 Å². The lowest BCUT2D eigenvalue weighted by molar-refractivity contribution is -0.119. The fraction of sp³-hybridized carbons (Fsp3) is 0.533. The van der Waals surface area contributed by atoms with Crippen LogP contribution < -0.4 is 4.90 Å². The van der Waals surface area contributed by atoms with Crippen LogP contribution in [0.25, 0.3) is 0 Å². The van der Waals surface area contributed by atoms with E-state index in [1.165, 1.54) is 5.56 Å². The average molecular weight is 262 g/mol. The molecule has 0 radical (unpaired) electrons. The molecule has 1 aliphatic heterocycles. The van der Waals surface area contributed by atoms with Crippen LogP contribution in [0.3, 0.4) is 0 Å². The molecule has 0 saturated heterocycles. The lowest BCUT2D eigenvalue weighted by Gasteiger charge is -2.26. The zero-order valence-corrected chi connectivity index (χ0v) is 11.8. The first-order valence-electron chi connectivity index (χ1n) is 6.75. The molecular weight excluding hydrogens is 240 g/mol. The number of rotatable bonds is 4. The summed E-state index contributed by atoms with van der Waals surface area (Å²) in [6.07, 6.45) is 0.503. The van der Waals surface area contributed by atoms with Crippen LogP contribution in [-0.4, -0.2) is 48.2 Å². The second kappa shape index (κ2) is 5.72. The Labute approximate surface area is 114 Å². The number of likely N-dealkylation sites (N-methyl/N-ethyl adjacent to an activating group) is 1. The van der Waals surface area contributed by atoms with Gasteiger partial charge in [0.05, 0.1) is 12.6 Å². The second-order valence-corrected chi connectivity index (χ2v) is 5.49. The summed E-state index contributed by atoms with van der Waals surface area (Å²) < 4.78 is 0. The van der Waals surface area contributed by atoms with Crippen LogP contribution in [0.15, 0.2) is 24.3 Å². The number of aliphatic hydroxyl groups excluding tert-OH is 1. The van der Waals surface area contributed by atoms with E-state index in [0.717, 1.165) is 12.1 Å². The normalized spacial score (nSPS) is 19.6. The summed E-state index contributed by atoms with van der Waals surface area (Å²) in [4.78, 5) is 16.2. The highest BCUT2D eigenvalue weighted by Gasteiger charge is 2.30. The molecule has 0 spiro atoms. The summed E-state index contributed by atoms with van der Waals surface area (Å²) in [5.74, 6) is 0.0978. The number of carbonyl (C=O) groups is 1. The van der Waals surface area contributed by atoms with Crippen LogP contribution >= 0.6 is 0 Å². The van der Waals surface area contributed by atoms with Gasteiger partial charge in [0.25, 0.3) is 0 Å². The maximum atomic E-state index is 12.4. The van der Waals surface area contributed by atoms with E-state index in [-0.39, 0.29) is 11.9 Å². The molecule has 2 rings (SSSR count). The van der Waals surface area contributed by atoms with E-state index in [1.807, 2.05) is 35.0 Å². The third-order valence-electron chi connectivity index (χ3n) is 3.46. The van der Waals surface area contributed by atoms with Crippen LogP contribution in [0.2, 0.25) is 0 Å². The molecule has 0 saturated carbocycles. The molecule has 1 aliphatic rings. The molecular formula is C15H22N2O2. The predicted octanol–water partition coefficient (Wildman–Crippen LogP) is 1.28. The topological polar surface area (TPSA) is 43.8 Å². The van der Waals surface area contributed by atoms with E-state index in [1.54, 1.807) is 6.92 Å². The van der Waals surface area contributed by atoms with Crippen molar-refractivity contribution < 1.29 is 9.90 Å². The molecule has 2 atom stereocenters. The Morgan fingerprint density at radius 3 is 2.89 bits per heavy atom. The first kappa shape index (κ1) is 14.0. The van der Waals surface area contributed by atoms with Gasteiger partial charge in [-0.3, -0.25) is 9.69 Å². The molecule has 104 valence electrons. The van der Waals surface area contributed by atoms with Gasteiger partial charge in [0, 0.05) is 18.3 Å². The maximum Gasteiger partial charge on any atom is 0.241 e. The highest BCUT2D eigenvalue weighted by molar-refractivity contribution is 5.97. The SMILES string of the molecule is CC(O)CN(C)CC(=O)N1c2ccccc2CC1C. The zero-order valence-electron chi connectivity index (χ0n) is 11.8. The minimum atomic E-state index is -0.416. The van der Waals surface area contributed by atoms with Crippen molar-refractivity contribution >= 4 is 11.6 Å². The number of fused-ring (bicyclic) bond motifs is 1. The third kappa shape index (κ3) is 3.14. The highest BCUT2D eigenvalue weighted by atomic mass is 16.3.